The van der Waals surface area contributed by atoms with Gasteiger partial charge in [-0.3, -0.25) is 4.79 Å². The largest absolute Gasteiger partial charge is 0.438 e. The number of hydrogen-bond donors (Lipinski definition) is 2. The van der Waals surface area contributed by atoms with Gasteiger partial charge in [0.2, 0.25) is 11.8 Å². The first-order valence-electron chi connectivity index (χ1n) is 9.56. The molecule has 2 aromatic heterocycles. The summed E-state index contributed by atoms with van der Waals surface area (Å²) in [6.07, 6.45) is 0. The molecule has 6 nitrogen and oxygen atoms in total. The highest BCUT2D eigenvalue weighted by Crippen LogP contribution is 2.36. The fourth-order valence-corrected chi connectivity index (χ4v) is 4.09. The van der Waals surface area contributed by atoms with Crippen LogP contribution in [0.15, 0.2) is 24.3 Å². The first-order valence-corrected chi connectivity index (χ1v) is 10.4. The first-order chi connectivity index (χ1) is 13.4. The van der Waals surface area contributed by atoms with E-state index >= 15 is 0 Å². The van der Waals surface area contributed by atoms with Crippen molar-refractivity contribution in [1.29, 1.82) is 0 Å². The minimum atomic E-state index is -0.0981. The molecule has 0 saturated heterocycles. The van der Waals surface area contributed by atoms with Crippen LogP contribution in [0, 0.1) is 13.8 Å². The summed E-state index contributed by atoms with van der Waals surface area (Å²) in [5, 5.41) is 3.74. The average molecular weight is 400 g/mol. The van der Waals surface area contributed by atoms with Crippen LogP contribution in [0.1, 0.15) is 37.0 Å². The van der Waals surface area contributed by atoms with Crippen LogP contribution in [-0.4, -0.2) is 29.0 Å². The van der Waals surface area contributed by atoms with Crippen molar-refractivity contribution in [2.24, 2.45) is 0 Å². The zero-order chi connectivity index (χ0) is 20.3. The molecule has 3 aromatic rings. The molecule has 7 heteroatoms. The lowest BCUT2D eigenvalue weighted by molar-refractivity contribution is -0.910. The topological polar surface area (TPSA) is 68.6 Å². The minimum absolute atomic E-state index is 0.0981. The number of carbonyl (C=O) groups excluding carboxylic acids is 1. The van der Waals surface area contributed by atoms with Crippen molar-refractivity contribution in [2.45, 2.75) is 41.2 Å². The standard InChI is InChI=1S/C21H26N4O2S/c1-6-25(7-2)12-18-23-20(19-13(3)14(4)28-21(19)24-18)27-17-10-8-16(9-11-17)22-15(5)26/h8-11H,6-7,12H2,1-5H3,(H,22,26)/p+1. The summed E-state index contributed by atoms with van der Waals surface area (Å²) in [7, 11) is 0. The number of carbonyl (C=O) groups is 1. The van der Waals surface area contributed by atoms with E-state index in [1.165, 1.54) is 16.7 Å². The second kappa shape index (κ2) is 8.67. The summed E-state index contributed by atoms with van der Waals surface area (Å²) >= 11 is 1.68. The quantitative estimate of drug-likeness (QED) is 0.638. The molecule has 0 radical (unpaired) electrons. The van der Waals surface area contributed by atoms with Gasteiger partial charge in [-0.2, -0.15) is 4.98 Å². The molecule has 2 N–H and O–H groups in total. The van der Waals surface area contributed by atoms with Crippen LogP contribution in [0.4, 0.5) is 5.69 Å². The molecular formula is C21H27N4O2S+. The fourth-order valence-electron chi connectivity index (χ4n) is 3.05. The zero-order valence-electron chi connectivity index (χ0n) is 17.0. The first kappa shape index (κ1) is 20.2. The lowest BCUT2D eigenvalue weighted by Gasteiger charge is -2.15. The van der Waals surface area contributed by atoms with Crippen LogP contribution in [0.2, 0.25) is 0 Å². The van der Waals surface area contributed by atoms with Gasteiger partial charge in [-0.25, -0.2) is 4.98 Å². The molecule has 1 amide bonds. The van der Waals surface area contributed by atoms with Crippen LogP contribution in [0.25, 0.3) is 10.2 Å². The number of ether oxygens (including phenoxy) is 1. The Kier molecular flexibility index (Phi) is 6.26. The van der Waals surface area contributed by atoms with Crippen LogP contribution < -0.4 is 15.0 Å². The Morgan fingerprint density at radius 1 is 1.14 bits per heavy atom. The summed E-state index contributed by atoms with van der Waals surface area (Å²) in [6, 6.07) is 7.32. The Morgan fingerprint density at radius 3 is 2.43 bits per heavy atom. The van der Waals surface area contributed by atoms with E-state index in [0.717, 1.165) is 46.9 Å². The molecule has 148 valence electrons. The monoisotopic (exact) mass is 399 g/mol. The number of fused-ring (bicyclic) bond motifs is 1. The van der Waals surface area contributed by atoms with Gasteiger partial charge in [-0.1, -0.05) is 0 Å². The van der Waals surface area contributed by atoms with Gasteiger partial charge < -0.3 is 15.0 Å². The second-order valence-corrected chi connectivity index (χ2v) is 8.05. The molecule has 0 atom stereocenters. The van der Waals surface area contributed by atoms with Gasteiger partial charge in [-0.05, 0) is 57.5 Å². The molecule has 0 saturated carbocycles. The number of aryl methyl sites for hydroxylation is 2. The van der Waals surface area contributed by atoms with E-state index in [1.807, 2.05) is 24.3 Å². The van der Waals surface area contributed by atoms with Crippen LogP contribution >= 0.6 is 11.3 Å². The molecule has 0 aliphatic rings. The zero-order valence-corrected chi connectivity index (χ0v) is 17.9. The van der Waals surface area contributed by atoms with E-state index in [4.69, 9.17) is 14.7 Å². The molecule has 1 aromatic carbocycles. The van der Waals surface area contributed by atoms with Crippen molar-refractivity contribution in [3.05, 3.63) is 40.5 Å². The van der Waals surface area contributed by atoms with E-state index in [0.29, 0.717) is 11.6 Å². The number of benzene rings is 1. The third-order valence-electron chi connectivity index (χ3n) is 4.84. The number of hydrogen-bond acceptors (Lipinski definition) is 5. The predicted molar refractivity (Wildman–Crippen MR) is 113 cm³/mol. The van der Waals surface area contributed by atoms with Crippen molar-refractivity contribution >= 4 is 33.1 Å². The third-order valence-corrected chi connectivity index (χ3v) is 5.94. The lowest BCUT2D eigenvalue weighted by atomic mass is 10.2. The van der Waals surface area contributed by atoms with Gasteiger partial charge in [0.05, 0.1) is 18.5 Å². The summed E-state index contributed by atoms with van der Waals surface area (Å²) in [6.45, 7) is 12.8. The van der Waals surface area contributed by atoms with Gasteiger partial charge in [0.15, 0.2) is 5.82 Å². The fraction of sp³-hybridized carbons (Fsp3) is 0.381. The van der Waals surface area contributed by atoms with E-state index in [1.54, 1.807) is 11.3 Å². The minimum Gasteiger partial charge on any atom is -0.438 e. The van der Waals surface area contributed by atoms with Crippen molar-refractivity contribution in [3.8, 4) is 11.6 Å². The number of anilines is 1. The number of rotatable bonds is 7. The molecule has 3 rings (SSSR count). The third kappa shape index (κ3) is 4.48. The maximum Gasteiger partial charge on any atom is 0.231 e. The van der Waals surface area contributed by atoms with E-state index in [2.05, 4.69) is 33.0 Å². The average Bonchev–Trinajstić information content (AvgIpc) is 2.95. The van der Waals surface area contributed by atoms with Gasteiger partial charge in [0.25, 0.3) is 0 Å². The van der Waals surface area contributed by atoms with Crippen molar-refractivity contribution < 1.29 is 14.4 Å². The maximum atomic E-state index is 11.2. The molecule has 0 aliphatic heterocycles. The lowest BCUT2D eigenvalue weighted by Crippen LogP contribution is -3.10. The molecule has 28 heavy (non-hydrogen) atoms. The Labute approximate surface area is 169 Å². The predicted octanol–water partition coefficient (Wildman–Crippen LogP) is 3.48. The van der Waals surface area contributed by atoms with Crippen LogP contribution in [0.3, 0.4) is 0 Å². The molecule has 2 heterocycles. The normalized spacial score (nSPS) is 11.2. The van der Waals surface area contributed by atoms with Crippen LogP contribution in [0.5, 0.6) is 11.6 Å². The van der Waals surface area contributed by atoms with Crippen molar-refractivity contribution in [3.63, 3.8) is 0 Å². The molecule has 0 aliphatic carbocycles. The highest BCUT2D eigenvalue weighted by molar-refractivity contribution is 7.18. The molecule has 0 fully saturated rings. The number of quaternary nitrogens is 1. The Morgan fingerprint density at radius 2 is 1.82 bits per heavy atom. The summed E-state index contributed by atoms with van der Waals surface area (Å²) < 4.78 is 6.17. The number of nitrogens with one attached hydrogen (secondary N) is 2. The highest BCUT2D eigenvalue weighted by atomic mass is 32.1. The molecular weight excluding hydrogens is 372 g/mol. The Hall–Kier alpha value is -2.51. The number of thiophene rings is 1. The Bertz CT molecular complexity index is 978. The Balaban J connectivity index is 1.96. The number of amides is 1. The second-order valence-electron chi connectivity index (χ2n) is 6.85. The maximum absolute atomic E-state index is 11.2. The summed E-state index contributed by atoms with van der Waals surface area (Å²) in [5.41, 5.74) is 1.90. The molecule has 0 unspecified atom stereocenters. The van der Waals surface area contributed by atoms with Gasteiger partial charge in [0.1, 0.15) is 17.1 Å². The van der Waals surface area contributed by atoms with Crippen molar-refractivity contribution in [2.75, 3.05) is 18.4 Å². The molecule has 0 bridgehead atoms. The number of nitrogens with zero attached hydrogens (tertiary/aromatic N) is 2. The van der Waals surface area contributed by atoms with E-state index < -0.39 is 0 Å². The van der Waals surface area contributed by atoms with E-state index in [-0.39, 0.29) is 5.91 Å². The van der Waals surface area contributed by atoms with Crippen molar-refractivity contribution in [1.82, 2.24) is 9.97 Å². The molecule has 0 spiro atoms. The van der Waals surface area contributed by atoms with Gasteiger partial charge >= 0.3 is 0 Å². The summed E-state index contributed by atoms with van der Waals surface area (Å²) in [4.78, 5) is 24.4. The summed E-state index contributed by atoms with van der Waals surface area (Å²) in [5.74, 6) is 1.98. The van der Waals surface area contributed by atoms with E-state index in [9.17, 15) is 4.79 Å². The highest BCUT2D eigenvalue weighted by Gasteiger charge is 2.18. The number of aromatic nitrogens is 2. The SMILES string of the molecule is CC[NH+](CC)Cc1nc(Oc2ccc(NC(C)=O)cc2)c2c(C)c(C)sc2n1. The van der Waals surface area contributed by atoms with Crippen LogP contribution in [-0.2, 0) is 11.3 Å². The van der Waals surface area contributed by atoms with Gasteiger partial charge in [-0.15, -0.1) is 11.3 Å². The smallest absolute Gasteiger partial charge is 0.231 e. The van der Waals surface area contributed by atoms with Gasteiger partial charge in [0, 0.05) is 17.5 Å².